The lowest BCUT2D eigenvalue weighted by Crippen LogP contribution is -2.14. The zero-order valence-corrected chi connectivity index (χ0v) is 10.4. The molecule has 0 aliphatic rings. The van der Waals surface area contributed by atoms with Crippen molar-refractivity contribution in [2.24, 2.45) is 0 Å². The number of rotatable bonds is 2. The lowest BCUT2D eigenvalue weighted by atomic mass is 10.1. The van der Waals surface area contributed by atoms with Crippen LogP contribution in [0.3, 0.4) is 0 Å². The van der Waals surface area contributed by atoms with Crippen molar-refractivity contribution >= 4 is 5.97 Å². The van der Waals surface area contributed by atoms with Crippen LogP contribution < -0.4 is 4.74 Å². The van der Waals surface area contributed by atoms with Crippen molar-refractivity contribution < 1.29 is 41.0 Å². The van der Waals surface area contributed by atoms with Gasteiger partial charge in [0.15, 0.2) is 0 Å². The van der Waals surface area contributed by atoms with Crippen molar-refractivity contribution in [3.05, 3.63) is 35.4 Å². The Labute approximate surface area is 114 Å². The molecule has 1 aromatic rings. The summed E-state index contributed by atoms with van der Waals surface area (Å²) in [5.74, 6) is -4.17. The molecule has 1 aromatic carbocycles. The topological polar surface area (TPSA) is 46.5 Å². The second-order valence-corrected chi connectivity index (χ2v) is 4.03. The molecule has 0 heterocycles. The Kier molecular flexibility index (Phi) is 4.26. The highest BCUT2D eigenvalue weighted by Crippen LogP contribution is 2.45. The molecule has 1 N–H and O–H groups in total. The van der Waals surface area contributed by atoms with Crippen LogP contribution in [0.5, 0.6) is 11.5 Å². The van der Waals surface area contributed by atoms with Gasteiger partial charge in [-0.25, -0.2) is 4.79 Å². The Bertz CT molecular complexity index is 551. The summed E-state index contributed by atoms with van der Waals surface area (Å²) in [6.07, 6.45) is -10.5. The number of phenolic OH excluding ortho intramolecular Hbond substituents is 1. The lowest BCUT2D eigenvalue weighted by molar-refractivity contribution is -0.146. The number of alkyl halides is 6. The molecule has 1 rings (SSSR count). The Morgan fingerprint density at radius 2 is 1.48 bits per heavy atom. The number of hydrogen-bond acceptors (Lipinski definition) is 3. The molecule has 0 unspecified atom stereocenters. The zero-order valence-electron chi connectivity index (χ0n) is 10.4. The fourth-order valence-electron chi connectivity index (χ4n) is 1.29. The summed E-state index contributed by atoms with van der Waals surface area (Å²) in [7, 11) is 0. The van der Waals surface area contributed by atoms with Gasteiger partial charge in [0.05, 0.1) is 0 Å². The molecule has 3 nitrogen and oxygen atoms in total. The fourth-order valence-corrected chi connectivity index (χ4v) is 1.29. The third kappa shape index (κ3) is 3.89. The zero-order chi connectivity index (χ0) is 16.6. The third-order valence-corrected chi connectivity index (χ3v) is 2.25. The average Bonchev–Trinajstić information content (AvgIpc) is 2.27. The minimum atomic E-state index is -5.25. The largest absolute Gasteiger partial charge is 0.507 e. The maximum Gasteiger partial charge on any atom is 0.420 e. The predicted octanol–water partition coefficient (Wildman–Crippen LogP) is 3.91. The first-order valence-electron chi connectivity index (χ1n) is 5.23. The van der Waals surface area contributed by atoms with Gasteiger partial charge in [0, 0.05) is 5.57 Å². The molecular formula is C12H8F6O3. The summed E-state index contributed by atoms with van der Waals surface area (Å²) >= 11 is 0. The number of aromatic hydroxyl groups is 1. The Balaban J connectivity index is 3.48. The molecule has 0 radical (unpaired) electrons. The molecule has 0 saturated heterocycles. The van der Waals surface area contributed by atoms with Crippen molar-refractivity contribution in [3.8, 4) is 11.5 Å². The number of hydrogen-bond donors (Lipinski definition) is 1. The summed E-state index contributed by atoms with van der Waals surface area (Å²) < 4.78 is 80.0. The van der Waals surface area contributed by atoms with Crippen molar-refractivity contribution in [1.29, 1.82) is 0 Å². The van der Waals surface area contributed by atoms with E-state index in [0.29, 0.717) is 0 Å². The average molecular weight is 314 g/mol. The highest BCUT2D eigenvalue weighted by atomic mass is 19.4. The van der Waals surface area contributed by atoms with Gasteiger partial charge in [-0.1, -0.05) is 6.58 Å². The summed E-state index contributed by atoms with van der Waals surface area (Å²) in [5, 5.41) is 9.13. The Hall–Kier alpha value is -2.19. The molecule has 0 aliphatic heterocycles. The number of carbonyl (C=O) groups excluding carboxylic acids is 1. The third-order valence-electron chi connectivity index (χ3n) is 2.25. The van der Waals surface area contributed by atoms with Gasteiger partial charge in [0.1, 0.15) is 22.6 Å². The first-order chi connectivity index (χ1) is 9.34. The molecule has 0 amide bonds. The van der Waals surface area contributed by atoms with Crippen molar-refractivity contribution in [1.82, 2.24) is 0 Å². The number of benzene rings is 1. The van der Waals surface area contributed by atoms with Crippen molar-refractivity contribution in [3.63, 3.8) is 0 Å². The first kappa shape index (κ1) is 16.9. The van der Waals surface area contributed by atoms with E-state index in [1.165, 1.54) is 0 Å². The normalized spacial score (nSPS) is 12.1. The predicted molar refractivity (Wildman–Crippen MR) is 58.6 cm³/mol. The van der Waals surface area contributed by atoms with Gasteiger partial charge in [0.2, 0.25) is 0 Å². The van der Waals surface area contributed by atoms with Crippen LogP contribution >= 0.6 is 0 Å². The van der Waals surface area contributed by atoms with Gasteiger partial charge in [-0.2, -0.15) is 26.3 Å². The maximum absolute atomic E-state index is 12.6. The highest BCUT2D eigenvalue weighted by molar-refractivity contribution is 5.88. The number of phenols is 1. The molecule has 0 aliphatic carbocycles. The molecule has 0 saturated carbocycles. The smallest absolute Gasteiger partial charge is 0.420 e. The van der Waals surface area contributed by atoms with Gasteiger partial charge in [-0.15, -0.1) is 0 Å². The highest BCUT2D eigenvalue weighted by Gasteiger charge is 2.42. The van der Waals surface area contributed by atoms with Gasteiger partial charge in [0.25, 0.3) is 0 Å². The lowest BCUT2D eigenvalue weighted by Gasteiger charge is -2.16. The molecular weight excluding hydrogens is 306 g/mol. The van der Waals surface area contributed by atoms with E-state index in [9.17, 15) is 31.1 Å². The number of esters is 1. The van der Waals surface area contributed by atoms with Crippen LogP contribution in [-0.4, -0.2) is 11.1 Å². The van der Waals surface area contributed by atoms with E-state index in [4.69, 9.17) is 5.11 Å². The van der Waals surface area contributed by atoms with E-state index in [0.717, 1.165) is 6.92 Å². The summed E-state index contributed by atoms with van der Waals surface area (Å²) in [6, 6.07) is 0.205. The Morgan fingerprint density at radius 3 is 1.76 bits per heavy atom. The molecule has 0 atom stereocenters. The van der Waals surface area contributed by atoms with Crippen LogP contribution in [0.15, 0.2) is 24.3 Å². The monoisotopic (exact) mass is 314 g/mol. The van der Waals surface area contributed by atoms with E-state index < -0.39 is 40.9 Å². The SMILES string of the molecule is C=C(C)C(=O)Oc1cc(C(F)(F)F)c(O)c(C(F)(F)F)c1. The molecule has 0 spiro atoms. The first-order valence-corrected chi connectivity index (χ1v) is 5.23. The van der Waals surface area contributed by atoms with Crippen LogP contribution in [0.25, 0.3) is 0 Å². The fraction of sp³-hybridized carbons (Fsp3) is 0.250. The second-order valence-electron chi connectivity index (χ2n) is 4.03. The van der Waals surface area contributed by atoms with Gasteiger partial charge in [-0.05, 0) is 19.1 Å². The van der Waals surface area contributed by atoms with Crippen LogP contribution in [-0.2, 0) is 17.1 Å². The van der Waals surface area contributed by atoms with E-state index >= 15 is 0 Å². The van der Waals surface area contributed by atoms with Crippen LogP contribution in [0.1, 0.15) is 18.1 Å². The van der Waals surface area contributed by atoms with Crippen molar-refractivity contribution in [2.45, 2.75) is 19.3 Å². The number of halogens is 6. The van der Waals surface area contributed by atoms with Gasteiger partial charge in [-0.3, -0.25) is 0 Å². The summed E-state index contributed by atoms with van der Waals surface area (Å²) in [5.41, 5.74) is -4.13. The molecule has 116 valence electrons. The molecule has 0 fully saturated rings. The summed E-state index contributed by atoms with van der Waals surface area (Å²) in [6.45, 7) is 4.31. The van der Waals surface area contributed by atoms with E-state index in [2.05, 4.69) is 11.3 Å². The molecule has 0 bridgehead atoms. The number of carbonyl (C=O) groups is 1. The van der Waals surface area contributed by atoms with E-state index in [1.54, 1.807) is 0 Å². The Morgan fingerprint density at radius 1 is 1.10 bits per heavy atom. The number of ether oxygens (including phenoxy) is 1. The maximum atomic E-state index is 12.6. The van der Waals surface area contributed by atoms with Crippen molar-refractivity contribution in [2.75, 3.05) is 0 Å². The molecule has 21 heavy (non-hydrogen) atoms. The van der Waals surface area contributed by atoms with Gasteiger partial charge < -0.3 is 9.84 Å². The molecule has 9 heteroatoms. The van der Waals surface area contributed by atoms with E-state index in [1.807, 2.05) is 0 Å². The van der Waals surface area contributed by atoms with E-state index in [-0.39, 0.29) is 17.7 Å². The standard InChI is InChI=1S/C12H8F6O3/c1-5(2)10(20)21-6-3-7(11(13,14)15)9(19)8(4-6)12(16,17)18/h3-4,19H,1H2,2H3. The van der Waals surface area contributed by atoms with Crippen LogP contribution in [0.2, 0.25) is 0 Å². The van der Waals surface area contributed by atoms with Crippen LogP contribution in [0, 0.1) is 0 Å². The minimum absolute atomic E-state index is 0.103. The molecule has 0 aromatic heterocycles. The van der Waals surface area contributed by atoms with Crippen LogP contribution in [0.4, 0.5) is 26.3 Å². The van der Waals surface area contributed by atoms with Gasteiger partial charge >= 0.3 is 18.3 Å². The second kappa shape index (κ2) is 5.30. The quantitative estimate of drug-likeness (QED) is 0.390. The summed E-state index contributed by atoms with van der Waals surface area (Å²) in [4.78, 5) is 11.2. The minimum Gasteiger partial charge on any atom is -0.507 e.